The van der Waals surface area contributed by atoms with Gasteiger partial charge in [0.15, 0.2) is 0 Å². The summed E-state index contributed by atoms with van der Waals surface area (Å²) in [7, 11) is 0. The highest BCUT2D eigenvalue weighted by Crippen LogP contribution is 2.50. The molecule has 0 aliphatic heterocycles. The average molecular weight is 215 g/mol. The Hall–Kier alpha value is -0.500. The lowest BCUT2D eigenvalue weighted by Gasteiger charge is -2.36. The number of carbonyl (C=O) groups is 1. The molecule has 0 aromatic heterocycles. The number of hydrogen-bond acceptors (Lipinski definition) is 2. The van der Waals surface area contributed by atoms with Gasteiger partial charge in [-0.25, -0.2) is 0 Å². The van der Waals surface area contributed by atoms with E-state index in [0.717, 1.165) is 23.6 Å². The second-order valence-electron chi connectivity index (χ2n) is 4.16. The first-order chi connectivity index (χ1) is 6.70. The number of ether oxygens (including phenoxy) is 1. The summed E-state index contributed by atoms with van der Waals surface area (Å²) in [6, 6.07) is 0. The van der Waals surface area contributed by atoms with Crippen LogP contribution in [0, 0.1) is 11.8 Å². The molecule has 0 N–H and O–H groups in total. The van der Waals surface area contributed by atoms with Gasteiger partial charge in [-0.2, -0.15) is 0 Å². The summed E-state index contributed by atoms with van der Waals surface area (Å²) >= 11 is 6.11. The Morgan fingerprint density at radius 1 is 1.29 bits per heavy atom. The molecule has 0 aromatic rings. The predicted octanol–water partition coefficient (Wildman–Crippen LogP) is 3.21. The summed E-state index contributed by atoms with van der Waals surface area (Å²) in [5.74, 6) is 1.41. The Morgan fingerprint density at radius 2 is 1.93 bits per heavy atom. The van der Waals surface area contributed by atoms with E-state index in [2.05, 4.69) is 0 Å². The maximum absolute atomic E-state index is 10.8. The summed E-state index contributed by atoms with van der Waals surface area (Å²) in [5, 5.41) is 0.798. The van der Waals surface area contributed by atoms with Crippen molar-refractivity contribution in [3.8, 4) is 0 Å². The molecule has 2 aliphatic carbocycles. The number of carbonyl (C=O) groups excluding carboxylic acids is 1. The van der Waals surface area contributed by atoms with Gasteiger partial charge in [-0.3, -0.25) is 4.79 Å². The van der Waals surface area contributed by atoms with Gasteiger partial charge in [0.25, 0.3) is 0 Å². The van der Waals surface area contributed by atoms with E-state index in [1.54, 1.807) is 0 Å². The minimum atomic E-state index is -0.249. The van der Waals surface area contributed by atoms with Crippen molar-refractivity contribution in [3.05, 3.63) is 10.8 Å². The van der Waals surface area contributed by atoms with Gasteiger partial charge in [0, 0.05) is 18.8 Å². The van der Waals surface area contributed by atoms with Crippen molar-refractivity contribution in [3.63, 3.8) is 0 Å². The van der Waals surface area contributed by atoms with Gasteiger partial charge in [0.1, 0.15) is 5.76 Å². The molecule has 0 spiro atoms. The lowest BCUT2D eigenvalue weighted by Crippen LogP contribution is -2.30. The summed E-state index contributed by atoms with van der Waals surface area (Å²) in [5.41, 5.74) is 0. The highest BCUT2D eigenvalue weighted by atomic mass is 35.5. The summed E-state index contributed by atoms with van der Waals surface area (Å²) in [6.45, 7) is 1.43. The molecular weight excluding hydrogens is 200 g/mol. The van der Waals surface area contributed by atoms with Gasteiger partial charge in [0.05, 0.1) is 5.03 Å². The summed E-state index contributed by atoms with van der Waals surface area (Å²) in [4.78, 5) is 10.8. The Kier molecular flexibility index (Phi) is 2.82. The van der Waals surface area contributed by atoms with Crippen LogP contribution in [0.3, 0.4) is 0 Å². The highest BCUT2D eigenvalue weighted by Gasteiger charge is 2.42. The molecule has 0 unspecified atom stereocenters. The van der Waals surface area contributed by atoms with Crippen molar-refractivity contribution < 1.29 is 9.53 Å². The van der Waals surface area contributed by atoms with Crippen molar-refractivity contribution in [1.29, 1.82) is 0 Å². The van der Waals surface area contributed by atoms with Gasteiger partial charge >= 0.3 is 5.97 Å². The van der Waals surface area contributed by atoms with Crippen molar-refractivity contribution in [2.24, 2.45) is 11.8 Å². The Morgan fingerprint density at radius 3 is 2.57 bits per heavy atom. The predicted molar refractivity (Wildman–Crippen MR) is 54.7 cm³/mol. The van der Waals surface area contributed by atoms with Crippen LogP contribution < -0.4 is 0 Å². The molecule has 0 saturated heterocycles. The molecule has 14 heavy (non-hydrogen) atoms. The van der Waals surface area contributed by atoms with Gasteiger partial charge in [0.2, 0.25) is 0 Å². The SMILES string of the molecule is CC(=O)OC1=C(Cl)[C@H]2CCCCC[C@@H]12. The van der Waals surface area contributed by atoms with Crippen LogP contribution in [0.1, 0.15) is 39.0 Å². The first-order valence-corrected chi connectivity index (χ1v) is 5.66. The fraction of sp³-hybridized carbons (Fsp3) is 0.727. The van der Waals surface area contributed by atoms with Gasteiger partial charge in [-0.05, 0) is 12.8 Å². The molecule has 0 bridgehead atoms. The third-order valence-corrected chi connectivity index (χ3v) is 3.63. The molecule has 2 nitrogen and oxygen atoms in total. The summed E-state index contributed by atoms with van der Waals surface area (Å²) in [6.07, 6.45) is 6.06. The lowest BCUT2D eigenvalue weighted by molar-refractivity contribution is -0.138. The standard InChI is InChI=1S/C11H15ClO2/c1-7(13)14-11-9-6-4-2-3-5-8(9)10(11)12/h8-9H,2-6H2,1H3/t8-,9+/m0/s1. The third kappa shape index (κ3) is 1.68. The minimum Gasteiger partial charge on any atom is -0.430 e. The zero-order chi connectivity index (χ0) is 10.1. The zero-order valence-corrected chi connectivity index (χ0v) is 9.14. The number of halogens is 1. The first-order valence-electron chi connectivity index (χ1n) is 5.28. The van der Waals surface area contributed by atoms with Crippen LogP contribution in [0.2, 0.25) is 0 Å². The number of fused-ring (bicyclic) bond motifs is 1. The van der Waals surface area contributed by atoms with E-state index in [1.165, 1.54) is 26.2 Å². The molecule has 1 saturated carbocycles. The van der Waals surface area contributed by atoms with E-state index in [1.807, 2.05) is 0 Å². The second-order valence-corrected chi connectivity index (χ2v) is 4.56. The molecule has 0 radical (unpaired) electrons. The Balaban J connectivity index is 2.09. The van der Waals surface area contributed by atoms with Crippen LogP contribution in [0.15, 0.2) is 10.8 Å². The maximum Gasteiger partial charge on any atom is 0.307 e. The van der Waals surface area contributed by atoms with Gasteiger partial charge in [-0.1, -0.05) is 30.9 Å². The van der Waals surface area contributed by atoms with Crippen LogP contribution in [0.4, 0.5) is 0 Å². The average Bonchev–Trinajstić information content (AvgIpc) is 2.36. The van der Waals surface area contributed by atoms with E-state index >= 15 is 0 Å². The van der Waals surface area contributed by atoms with E-state index in [-0.39, 0.29) is 5.97 Å². The Labute approximate surface area is 89.3 Å². The number of esters is 1. The van der Waals surface area contributed by atoms with Crippen LogP contribution >= 0.6 is 11.6 Å². The summed E-state index contributed by atoms with van der Waals surface area (Å²) < 4.78 is 5.13. The first kappa shape index (κ1) is 10.0. The molecule has 3 heteroatoms. The van der Waals surface area contributed by atoms with Crippen LogP contribution in [0.25, 0.3) is 0 Å². The number of allylic oxidation sites excluding steroid dienone is 2. The van der Waals surface area contributed by atoms with Crippen molar-refractivity contribution in [2.45, 2.75) is 39.0 Å². The number of hydrogen-bond donors (Lipinski definition) is 0. The van der Waals surface area contributed by atoms with Crippen molar-refractivity contribution in [1.82, 2.24) is 0 Å². The second kappa shape index (κ2) is 3.93. The van der Waals surface area contributed by atoms with Crippen LogP contribution in [0.5, 0.6) is 0 Å². The smallest absolute Gasteiger partial charge is 0.307 e. The fourth-order valence-electron chi connectivity index (χ4n) is 2.47. The quantitative estimate of drug-likeness (QED) is 0.627. The molecule has 2 aliphatic rings. The van der Waals surface area contributed by atoms with Gasteiger partial charge < -0.3 is 4.74 Å². The molecule has 78 valence electrons. The minimum absolute atomic E-state index is 0.249. The van der Waals surface area contributed by atoms with E-state index in [0.29, 0.717) is 11.8 Å². The monoisotopic (exact) mass is 214 g/mol. The van der Waals surface area contributed by atoms with Crippen molar-refractivity contribution in [2.75, 3.05) is 0 Å². The van der Waals surface area contributed by atoms with E-state index in [9.17, 15) is 4.79 Å². The zero-order valence-electron chi connectivity index (χ0n) is 8.38. The normalized spacial score (nSPS) is 31.6. The molecule has 1 fully saturated rings. The molecule has 0 amide bonds. The lowest BCUT2D eigenvalue weighted by atomic mass is 9.76. The van der Waals surface area contributed by atoms with Gasteiger partial charge in [-0.15, -0.1) is 0 Å². The largest absolute Gasteiger partial charge is 0.430 e. The highest BCUT2D eigenvalue weighted by molar-refractivity contribution is 6.31. The van der Waals surface area contributed by atoms with Crippen LogP contribution in [-0.2, 0) is 9.53 Å². The third-order valence-electron chi connectivity index (χ3n) is 3.17. The fourth-order valence-corrected chi connectivity index (χ4v) is 2.91. The van der Waals surface area contributed by atoms with Crippen LogP contribution in [-0.4, -0.2) is 5.97 Å². The van der Waals surface area contributed by atoms with Crippen molar-refractivity contribution >= 4 is 17.6 Å². The number of rotatable bonds is 1. The molecule has 2 atom stereocenters. The molecule has 0 aromatic carbocycles. The molecule has 0 heterocycles. The Bertz CT molecular complexity index is 283. The van der Waals surface area contributed by atoms with E-state index < -0.39 is 0 Å². The molecule has 2 rings (SSSR count). The maximum atomic E-state index is 10.8. The molecular formula is C11H15ClO2. The topological polar surface area (TPSA) is 26.3 Å². The van der Waals surface area contributed by atoms with E-state index in [4.69, 9.17) is 16.3 Å².